The molecule has 2 aliphatic heterocycles. The fourth-order valence-electron chi connectivity index (χ4n) is 3.56. The molecule has 0 saturated carbocycles. The average Bonchev–Trinajstić information content (AvgIpc) is 2.68. The predicted molar refractivity (Wildman–Crippen MR) is 97.7 cm³/mol. The summed E-state index contributed by atoms with van der Waals surface area (Å²) in [6.45, 7) is 2.44. The number of hydrogen-bond donors (Lipinski definition) is 0. The molecule has 4 rings (SSSR count). The number of fused-ring (bicyclic) bond motifs is 1. The molecule has 1 fully saturated rings. The van der Waals surface area contributed by atoms with Gasteiger partial charge in [0.05, 0.1) is 5.69 Å². The molecule has 0 spiro atoms. The van der Waals surface area contributed by atoms with Gasteiger partial charge in [-0.15, -0.1) is 11.8 Å². The first-order valence-electron chi connectivity index (χ1n) is 8.51. The number of carbonyl (C=O) groups excluding carboxylic acids is 1. The zero-order chi connectivity index (χ0) is 16.4. The van der Waals surface area contributed by atoms with E-state index in [4.69, 9.17) is 0 Å². The number of piperidine rings is 1. The number of aromatic nitrogens is 1. The van der Waals surface area contributed by atoms with Gasteiger partial charge in [-0.1, -0.05) is 18.2 Å². The van der Waals surface area contributed by atoms with Crippen molar-refractivity contribution in [2.45, 2.75) is 23.7 Å². The van der Waals surface area contributed by atoms with Crippen LogP contribution in [0.4, 0.5) is 10.5 Å². The molecule has 24 heavy (non-hydrogen) atoms. The number of nitrogens with zero attached hydrogens (tertiary/aromatic N) is 3. The molecule has 2 aliphatic rings. The molecular weight excluding hydrogens is 318 g/mol. The minimum absolute atomic E-state index is 0.160. The van der Waals surface area contributed by atoms with Gasteiger partial charge < -0.3 is 4.90 Å². The smallest absolute Gasteiger partial charge is 0.324 e. The van der Waals surface area contributed by atoms with Crippen LogP contribution in [0.1, 0.15) is 24.3 Å². The molecule has 0 radical (unpaired) electrons. The van der Waals surface area contributed by atoms with Gasteiger partial charge in [0.2, 0.25) is 0 Å². The SMILES string of the molecule is O=C(N1CCC(c2cccnc2)CC1)N1CCSc2ccccc21. The highest BCUT2D eigenvalue weighted by molar-refractivity contribution is 7.99. The number of benzene rings is 1. The highest BCUT2D eigenvalue weighted by Gasteiger charge is 2.30. The van der Waals surface area contributed by atoms with Crippen LogP contribution in [0.5, 0.6) is 0 Å². The highest BCUT2D eigenvalue weighted by Crippen LogP contribution is 2.35. The van der Waals surface area contributed by atoms with E-state index in [2.05, 4.69) is 23.2 Å². The van der Waals surface area contributed by atoms with E-state index in [1.54, 1.807) is 0 Å². The van der Waals surface area contributed by atoms with Gasteiger partial charge in [0.25, 0.3) is 0 Å². The molecule has 1 saturated heterocycles. The van der Waals surface area contributed by atoms with Gasteiger partial charge in [-0.3, -0.25) is 9.88 Å². The Hall–Kier alpha value is -2.01. The Morgan fingerprint density at radius 1 is 1.08 bits per heavy atom. The maximum absolute atomic E-state index is 13.0. The van der Waals surface area contributed by atoms with Gasteiger partial charge in [-0.2, -0.15) is 0 Å². The third-order valence-corrected chi connectivity index (χ3v) is 5.92. The minimum atomic E-state index is 0.160. The number of hydrogen-bond acceptors (Lipinski definition) is 3. The largest absolute Gasteiger partial charge is 0.324 e. The molecule has 2 amide bonds. The maximum Gasteiger partial charge on any atom is 0.324 e. The van der Waals surface area contributed by atoms with Crippen molar-refractivity contribution in [1.29, 1.82) is 0 Å². The normalized spacial score (nSPS) is 18.3. The van der Waals surface area contributed by atoms with Crippen molar-refractivity contribution in [2.75, 3.05) is 30.3 Å². The van der Waals surface area contributed by atoms with Crippen LogP contribution in [0.2, 0.25) is 0 Å². The molecule has 0 N–H and O–H groups in total. The first-order valence-corrected chi connectivity index (χ1v) is 9.49. The third-order valence-electron chi connectivity index (χ3n) is 4.88. The lowest BCUT2D eigenvalue weighted by molar-refractivity contribution is 0.188. The fourth-order valence-corrected chi connectivity index (χ4v) is 4.56. The second-order valence-electron chi connectivity index (χ2n) is 6.30. The van der Waals surface area contributed by atoms with E-state index in [-0.39, 0.29) is 6.03 Å². The van der Waals surface area contributed by atoms with Crippen molar-refractivity contribution >= 4 is 23.5 Å². The first kappa shape index (κ1) is 15.5. The monoisotopic (exact) mass is 339 g/mol. The number of amides is 2. The predicted octanol–water partition coefficient (Wildman–Crippen LogP) is 3.99. The van der Waals surface area contributed by atoms with Crippen LogP contribution in [0.3, 0.4) is 0 Å². The first-order chi connectivity index (χ1) is 11.8. The number of rotatable bonds is 1. The van der Waals surface area contributed by atoms with Crippen LogP contribution in [0.25, 0.3) is 0 Å². The van der Waals surface area contributed by atoms with E-state index in [1.807, 2.05) is 52.2 Å². The van der Waals surface area contributed by atoms with Crippen molar-refractivity contribution in [1.82, 2.24) is 9.88 Å². The van der Waals surface area contributed by atoms with Crippen LogP contribution < -0.4 is 4.90 Å². The van der Waals surface area contributed by atoms with E-state index in [9.17, 15) is 4.79 Å². The van der Waals surface area contributed by atoms with Crippen LogP contribution in [0, 0.1) is 0 Å². The summed E-state index contributed by atoms with van der Waals surface area (Å²) in [5.74, 6) is 1.49. The van der Waals surface area contributed by atoms with Crippen LogP contribution in [-0.2, 0) is 0 Å². The number of likely N-dealkylation sites (tertiary alicyclic amines) is 1. The third kappa shape index (κ3) is 3.00. The summed E-state index contributed by atoms with van der Waals surface area (Å²) in [5.41, 5.74) is 2.36. The molecule has 5 heteroatoms. The highest BCUT2D eigenvalue weighted by atomic mass is 32.2. The van der Waals surface area contributed by atoms with Gasteiger partial charge in [0.15, 0.2) is 0 Å². The van der Waals surface area contributed by atoms with E-state index < -0.39 is 0 Å². The van der Waals surface area contributed by atoms with Crippen molar-refractivity contribution < 1.29 is 4.79 Å². The molecule has 0 aliphatic carbocycles. The zero-order valence-electron chi connectivity index (χ0n) is 13.6. The Balaban J connectivity index is 1.44. The van der Waals surface area contributed by atoms with Gasteiger partial charge in [0, 0.05) is 42.7 Å². The Labute approximate surface area is 146 Å². The summed E-state index contributed by atoms with van der Waals surface area (Å²) in [6.07, 6.45) is 5.80. The second-order valence-corrected chi connectivity index (χ2v) is 7.43. The minimum Gasteiger partial charge on any atom is -0.324 e. The van der Waals surface area contributed by atoms with Crippen LogP contribution in [-0.4, -0.2) is 41.3 Å². The van der Waals surface area contributed by atoms with Gasteiger partial charge >= 0.3 is 6.03 Å². The molecule has 0 unspecified atom stereocenters. The lowest BCUT2D eigenvalue weighted by Gasteiger charge is -2.37. The Morgan fingerprint density at radius 2 is 1.92 bits per heavy atom. The fraction of sp³-hybridized carbons (Fsp3) is 0.368. The molecular formula is C19H21N3OS. The average molecular weight is 339 g/mol. The van der Waals surface area contributed by atoms with Gasteiger partial charge in [-0.25, -0.2) is 4.79 Å². The number of thioether (sulfide) groups is 1. The van der Waals surface area contributed by atoms with Crippen LogP contribution >= 0.6 is 11.8 Å². The summed E-state index contributed by atoms with van der Waals surface area (Å²) in [6, 6.07) is 12.5. The summed E-state index contributed by atoms with van der Waals surface area (Å²) >= 11 is 1.83. The van der Waals surface area contributed by atoms with E-state index in [0.29, 0.717) is 5.92 Å². The molecule has 4 nitrogen and oxygen atoms in total. The lowest BCUT2D eigenvalue weighted by Crippen LogP contribution is -2.48. The quantitative estimate of drug-likeness (QED) is 0.788. The lowest BCUT2D eigenvalue weighted by atomic mass is 9.91. The summed E-state index contributed by atoms with van der Waals surface area (Å²) in [5, 5.41) is 0. The Bertz CT molecular complexity index is 714. The molecule has 0 atom stereocenters. The van der Waals surface area contributed by atoms with Crippen molar-refractivity contribution in [3.63, 3.8) is 0 Å². The Morgan fingerprint density at radius 3 is 2.71 bits per heavy atom. The number of carbonyl (C=O) groups is 1. The van der Waals surface area contributed by atoms with Crippen molar-refractivity contribution in [3.05, 3.63) is 54.4 Å². The zero-order valence-corrected chi connectivity index (χ0v) is 14.4. The summed E-state index contributed by atoms with van der Waals surface area (Å²) < 4.78 is 0. The van der Waals surface area contributed by atoms with Gasteiger partial charge in [-0.05, 0) is 42.5 Å². The molecule has 3 heterocycles. The summed E-state index contributed by atoms with van der Waals surface area (Å²) in [4.78, 5) is 22.4. The molecule has 0 bridgehead atoms. The molecule has 124 valence electrons. The van der Waals surface area contributed by atoms with Crippen molar-refractivity contribution in [2.24, 2.45) is 0 Å². The maximum atomic E-state index is 13.0. The summed E-state index contributed by atoms with van der Waals surface area (Å²) in [7, 11) is 0. The van der Waals surface area contributed by atoms with E-state index in [0.717, 1.165) is 43.9 Å². The topological polar surface area (TPSA) is 36.4 Å². The van der Waals surface area contributed by atoms with Crippen LogP contribution in [0.15, 0.2) is 53.7 Å². The van der Waals surface area contributed by atoms with Gasteiger partial charge in [0.1, 0.15) is 0 Å². The molecule has 1 aromatic carbocycles. The van der Waals surface area contributed by atoms with Crippen molar-refractivity contribution in [3.8, 4) is 0 Å². The number of urea groups is 1. The molecule has 1 aromatic heterocycles. The van der Waals surface area contributed by atoms with E-state index >= 15 is 0 Å². The Kier molecular flexibility index (Phi) is 4.43. The standard InChI is InChI=1S/C19H21N3OS/c23-19(22-12-13-24-18-6-2-1-5-17(18)22)21-10-7-15(8-11-21)16-4-3-9-20-14-16/h1-6,9,14-15H,7-8,10-13H2. The molecule has 2 aromatic rings. The number of anilines is 1. The number of pyridine rings is 1. The number of para-hydroxylation sites is 1. The second kappa shape index (κ2) is 6.85. The van der Waals surface area contributed by atoms with E-state index in [1.165, 1.54) is 10.5 Å².